The fraction of sp³-hybridized carbons (Fsp3) is 0.500. The molecule has 84 valence electrons. The summed E-state index contributed by atoms with van der Waals surface area (Å²) in [5.41, 5.74) is 3.54. The molecule has 0 rings (SSSR count). The van der Waals surface area contributed by atoms with Gasteiger partial charge in [-0.25, -0.2) is 0 Å². The van der Waals surface area contributed by atoms with Crippen molar-refractivity contribution in [3.8, 4) is 0 Å². The highest BCUT2D eigenvalue weighted by molar-refractivity contribution is 5.73. The molecule has 0 fully saturated rings. The van der Waals surface area contributed by atoms with Crippen molar-refractivity contribution in [2.24, 2.45) is 0 Å². The van der Waals surface area contributed by atoms with Crippen molar-refractivity contribution in [1.29, 1.82) is 0 Å². The normalized spacial score (nSPS) is 12.5. The molecule has 0 saturated carbocycles. The zero-order chi connectivity index (χ0) is 11.7. The van der Waals surface area contributed by atoms with Crippen molar-refractivity contribution in [1.82, 2.24) is 0 Å². The Morgan fingerprint density at radius 2 is 1.80 bits per heavy atom. The Kier molecular flexibility index (Phi) is 7.61. The molecule has 0 bridgehead atoms. The summed E-state index contributed by atoms with van der Waals surface area (Å²) in [4.78, 5) is 10.5. The maximum absolute atomic E-state index is 10.5. The highest BCUT2D eigenvalue weighted by atomic mass is 16.1. The van der Waals surface area contributed by atoms with Crippen molar-refractivity contribution in [2.75, 3.05) is 0 Å². The zero-order valence-corrected chi connectivity index (χ0v) is 10.3. The molecule has 0 saturated heterocycles. The lowest BCUT2D eigenvalue weighted by Crippen LogP contribution is -1.81. The van der Waals surface area contributed by atoms with Crippen molar-refractivity contribution >= 4 is 6.29 Å². The van der Waals surface area contributed by atoms with Crippen LogP contribution in [0.5, 0.6) is 0 Å². The Bertz CT molecular complexity index is 276. The van der Waals surface area contributed by atoms with Gasteiger partial charge in [-0.2, -0.15) is 0 Å². The summed E-state index contributed by atoms with van der Waals surface area (Å²) in [6.07, 6.45) is 10.1. The maximum atomic E-state index is 10.5. The van der Waals surface area contributed by atoms with Crippen LogP contribution in [-0.2, 0) is 4.79 Å². The third-order valence-electron chi connectivity index (χ3n) is 2.23. The first kappa shape index (κ1) is 13.9. The van der Waals surface area contributed by atoms with Crippen LogP contribution < -0.4 is 0 Å². The summed E-state index contributed by atoms with van der Waals surface area (Å²) >= 11 is 0. The standard InChI is InChI=1S/C14H22O/c1-5-14(11-15)10-9-13(4)8-6-7-12(2)3/h7,9-11H,5-6,8H2,1-4H3/b13-9-,14-10?. The van der Waals surface area contributed by atoms with Crippen molar-refractivity contribution in [3.63, 3.8) is 0 Å². The largest absolute Gasteiger partial charge is 0.298 e. The monoisotopic (exact) mass is 206 g/mol. The number of carbonyl (C=O) groups excluding carboxylic acids is 1. The van der Waals surface area contributed by atoms with E-state index in [-0.39, 0.29) is 0 Å². The predicted molar refractivity (Wildman–Crippen MR) is 66.9 cm³/mol. The highest BCUT2D eigenvalue weighted by Crippen LogP contribution is 2.08. The summed E-state index contributed by atoms with van der Waals surface area (Å²) in [5, 5.41) is 0. The van der Waals surface area contributed by atoms with Gasteiger partial charge in [-0.3, -0.25) is 4.79 Å². The van der Waals surface area contributed by atoms with Gasteiger partial charge in [-0.1, -0.05) is 36.3 Å². The van der Waals surface area contributed by atoms with Gasteiger partial charge in [0.15, 0.2) is 0 Å². The van der Waals surface area contributed by atoms with E-state index in [2.05, 4.69) is 26.8 Å². The van der Waals surface area contributed by atoms with Crippen LogP contribution in [0.2, 0.25) is 0 Å². The Morgan fingerprint density at radius 1 is 1.13 bits per heavy atom. The van der Waals surface area contributed by atoms with Gasteiger partial charge in [0, 0.05) is 0 Å². The van der Waals surface area contributed by atoms with Gasteiger partial charge >= 0.3 is 0 Å². The first-order valence-electron chi connectivity index (χ1n) is 5.55. The van der Waals surface area contributed by atoms with Gasteiger partial charge in [0.25, 0.3) is 0 Å². The molecule has 15 heavy (non-hydrogen) atoms. The van der Waals surface area contributed by atoms with Crippen molar-refractivity contribution < 1.29 is 4.79 Å². The van der Waals surface area contributed by atoms with Crippen molar-refractivity contribution in [3.05, 3.63) is 34.9 Å². The van der Waals surface area contributed by atoms with Gasteiger partial charge in [-0.15, -0.1) is 0 Å². The summed E-state index contributed by atoms with van der Waals surface area (Å²) in [6.45, 7) is 8.32. The lowest BCUT2D eigenvalue weighted by Gasteiger charge is -1.97. The molecule has 0 spiro atoms. The second kappa shape index (κ2) is 8.22. The van der Waals surface area contributed by atoms with Crippen LogP contribution >= 0.6 is 0 Å². The molecule has 0 N–H and O–H groups in total. The molecule has 0 amide bonds. The zero-order valence-electron chi connectivity index (χ0n) is 10.3. The molecule has 0 heterocycles. The fourth-order valence-electron chi connectivity index (χ4n) is 1.16. The highest BCUT2D eigenvalue weighted by Gasteiger charge is 1.90. The minimum Gasteiger partial charge on any atom is -0.298 e. The van der Waals surface area contributed by atoms with Crippen LogP contribution in [0, 0.1) is 0 Å². The number of aldehydes is 1. The molecule has 0 aromatic rings. The summed E-state index contributed by atoms with van der Waals surface area (Å²) < 4.78 is 0. The van der Waals surface area contributed by atoms with E-state index in [4.69, 9.17) is 0 Å². The number of carbonyl (C=O) groups is 1. The quantitative estimate of drug-likeness (QED) is 0.275. The van der Waals surface area contributed by atoms with E-state index in [0.29, 0.717) is 0 Å². The van der Waals surface area contributed by atoms with Gasteiger partial charge in [0.2, 0.25) is 0 Å². The molecular weight excluding hydrogens is 184 g/mol. The smallest absolute Gasteiger partial charge is 0.146 e. The van der Waals surface area contributed by atoms with E-state index in [0.717, 1.165) is 31.1 Å². The molecular formula is C14H22O. The first-order chi connectivity index (χ1) is 7.10. The number of allylic oxidation sites excluding steroid dienone is 6. The molecule has 0 aliphatic rings. The third-order valence-corrected chi connectivity index (χ3v) is 2.23. The topological polar surface area (TPSA) is 17.1 Å². The Balaban J connectivity index is 4.14. The molecule has 0 radical (unpaired) electrons. The minimum absolute atomic E-state index is 0.807. The SMILES string of the molecule is CCC(C=O)=C/C=C(/C)CCC=C(C)C. The molecule has 1 heteroatoms. The number of hydrogen-bond donors (Lipinski definition) is 0. The van der Waals surface area contributed by atoms with Gasteiger partial charge in [-0.05, 0) is 45.6 Å². The molecule has 1 nitrogen and oxygen atoms in total. The molecule has 0 aromatic heterocycles. The van der Waals surface area contributed by atoms with E-state index in [1.54, 1.807) is 0 Å². The number of rotatable bonds is 6. The molecule has 0 unspecified atom stereocenters. The van der Waals surface area contributed by atoms with E-state index in [9.17, 15) is 4.79 Å². The Labute approximate surface area is 93.6 Å². The Morgan fingerprint density at radius 3 is 2.27 bits per heavy atom. The van der Waals surface area contributed by atoms with Gasteiger partial charge in [0.1, 0.15) is 6.29 Å². The van der Waals surface area contributed by atoms with Gasteiger partial charge < -0.3 is 0 Å². The third kappa shape index (κ3) is 7.92. The lowest BCUT2D eigenvalue weighted by molar-refractivity contribution is -0.105. The van der Waals surface area contributed by atoms with E-state index in [1.807, 2.05) is 19.1 Å². The van der Waals surface area contributed by atoms with E-state index >= 15 is 0 Å². The van der Waals surface area contributed by atoms with E-state index < -0.39 is 0 Å². The van der Waals surface area contributed by atoms with Crippen LogP contribution in [0.25, 0.3) is 0 Å². The van der Waals surface area contributed by atoms with Gasteiger partial charge in [0.05, 0.1) is 0 Å². The average molecular weight is 206 g/mol. The fourth-order valence-corrected chi connectivity index (χ4v) is 1.16. The predicted octanol–water partition coefficient (Wildman–Crippen LogP) is 4.21. The summed E-state index contributed by atoms with van der Waals surface area (Å²) in [5.74, 6) is 0. The average Bonchev–Trinajstić information content (AvgIpc) is 2.18. The van der Waals surface area contributed by atoms with E-state index in [1.165, 1.54) is 11.1 Å². The van der Waals surface area contributed by atoms with Crippen LogP contribution in [0.1, 0.15) is 47.0 Å². The summed E-state index contributed by atoms with van der Waals surface area (Å²) in [6, 6.07) is 0. The second-order valence-electron chi connectivity index (χ2n) is 4.05. The second-order valence-corrected chi connectivity index (χ2v) is 4.05. The van der Waals surface area contributed by atoms with Crippen LogP contribution in [-0.4, -0.2) is 6.29 Å². The summed E-state index contributed by atoms with van der Waals surface area (Å²) in [7, 11) is 0. The minimum atomic E-state index is 0.807. The number of hydrogen-bond acceptors (Lipinski definition) is 1. The van der Waals surface area contributed by atoms with Crippen LogP contribution in [0.3, 0.4) is 0 Å². The van der Waals surface area contributed by atoms with Crippen LogP contribution in [0.15, 0.2) is 34.9 Å². The lowest BCUT2D eigenvalue weighted by atomic mass is 10.1. The van der Waals surface area contributed by atoms with Crippen LogP contribution in [0.4, 0.5) is 0 Å². The van der Waals surface area contributed by atoms with Crippen molar-refractivity contribution in [2.45, 2.75) is 47.0 Å². The molecule has 0 aliphatic heterocycles. The first-order valence-corrected chi connectivity index (χ1v) is 5.55. The molecule has 0 aromatic carbocycles. The molecule has 0 aliphatic carbocycles. The Hall–Kier alpha value is -1.11. The molecule has 0 atom stereocenters. The maximum Gasteiger partial charge on any atom is 0.146 e.